The largest absolute Gasteiger partial charge is 0.497 e. The fourth-order valence-corrected chi connectivity index (χ4v) is 2.48. The molecule has 25 heavy (non-hydrogen) atoms. The number of nitrogens with one attached hydrogen (secondary N) is 1. The molecule has 0 radical (unpaired) electrons. The van der Waals surface area contributed by atoms with E-state index in [1.54, 1.807) is 42.2 Å². The third kappa shape index (κ3) is 3.68. The maximum absolute atomic E-state index is 14.1. The highest BCUT2D eigenvalue weighted by Gasteiger charge is 2.12. The van der Waals surface area contributed by atoms with E-state index >= 15 is 0 Å². The third-order valence-corrected chi connectivity index (χ3v) is 3.67. The van der Waals surface area contributed by atoms with Crippen LogP contribution in [0.1, 0.15) is 5.69 Å². The number of amides is 1. The molecule has 0 saturated heterocycles. The number of anilines is 1. The summed E-state index contributed by atoms with van der Waals surface area (Å²) in [6, 6.07) is 7.99. The van der Waals surface area contributed by atoms with Gasteiger partial charge in [0.1, 0.15) is 23.9 Å². The Morgan fingerprint density at radius 2 is 2.08 bits per heavy atom. The van der Waals surface area contributed by atoms with E-state index in [9.17, 15) is 9.18 Å². The van der Waals surface area contributed by atoms with Gasteiger partial charge in [0.15, 0.2) is 0 Å². The number of aryl methyl sites for hydroxylation is 2. The second-order valence-corrected chi connectivity index (χ2v) is 5.59. The molecule has 0 spiro atoms. The van der Waals surface area contributed by atoms with E-state index in [1.807, 2.05) is 6.92 Å². The quantitative estimate of drug-likeness (QED) is 0.772. The predicted octanol–water partition coefficient (Wildman–Crippen LogP) is 2.38. The van der Waals surface area contributed by atoms with Gasteiger partial charge < -0.3 is 10.1 Å². The Morgan fingerprint density at radius 3 is 2.72 bits per heavy atom. The maximum Gasteiger partial charge on any atom is 0.247 e. The molecule has 0 atom stereocenters. The van der Waals surface area contributed by atoms with Crippen LogP contribution < -0.4 is 10.1 Å². The molecule has 130 valence electrons. The van der Waals surface area contributed by atoms with E-state index in [4.69, 9.17) is 4.74 Å². The zero-order valence-electron chi connectivity index (χ0n) is 14.2. The number of rotatable bonds is 5. The molecule has 3 rings (SSSR count). The molecule has 0 unspecified atom stereocenters. The van der Waals surface area contributed by atoms with Crippen LogP contribution in [0.2, 0.25) is 0 Å². The van der Waals surface area contributed by atoms with Crippen molar-refractivity contribution in [2.45, 2.75) is 13.5 Å². The maximum atomic E-state index is 14.1. The van der Waals surface area contributed by atoms with Gasteiger partial charge in [0, 0.05) is 30.9 Å². The van der Waals surface area contributed by atoms with Crippen LogP contribution in [-0.2, 0) is 18.4 Å². The highest BCUT2D eigenvalue weighted by Crippen LogP contribution is 2.24. The number of nitrogens with zero attached hydrogens (tertiary/aromatic N) is 4. The summed E-state index contributed by atoms with van der Waals surface area (Å²) in [5.74, 6) is 0.370. The summed E-state index contributed by atoms with van der Waals surface area (Å²) < 4.78 is 22.1. The highest BCUT2D eigenvalue weighted by atomic mass is 19.1. The van der Waals surface area contributed by atoms with Crippen molar-refractivity contribution in [2.75, 3.05) is 12.4 Å². The van der Waals surface area contributed by atoms with Crippen molar-refractivity contribution in [3.63, 3.8) is 0 Å². The SMILES string of the molecule is COc1ccc(-c2ccn(CC(=O)Nc3cc(C)nn3C)n2)c(F)c1. The fourth-order valence-electron chi connectivity index (χ4n) is 2.48. The number of carbonyl (C=O) groups excluding carboxylic acids is 1. The van der Waals surface area contributed by atoms with E-state index in [0.717, 1.165) is 5.69 Å². The number of hydrogen-bond acceptors (Lipinski definition) is 4. The molecule has 1 amide bonds. The van der Waals surface area contributed by atoms with Gasteiger partial charge >= 0.3 is 0 Å². The number of carbonyl (C=O) groups is 1. The first-order valence-electron chi connectivity index (χ1n) is 7.64. The monoisotopic (exact) mass is 343 g/mol. The lowest BCUT2D eigenvalue weighted by Gasteiger charge is -2.05. The molecule has 7 nitrogen and oxygen atoms in total. The summed E-state index contributed by atoms with van der Waals surface area (Å²) in [7, 11) is 3.23. The molecule has 1 aromatic carbocycles. The number of halogens is 1. The number of aromatic nitrogens is 4. The van der Waals surface area contributed by atoms with Crippen molar-refractivity contribution in [3.05, 3.63) is 48.0 Å². The molecule has 0 aliphatic heterocycles. The van der Waals surface area contributed by atoms with Crippen LogP contribution in [0.4, 0.5) is 10.2 Å². The summed E-state index contributed by atoms with van der Waals surface area (Å²) >= 11 is 0. The zero-order valence-corrected chi connectivity index (χ0v) is 14.2. The van der Waals surface area contributed by atoms with Crippen molar-refractivity contribution in [1.82, 2.24) is 19.6 Å². The van der Waals surface area contributed by atoms with E-state index in [0.29, 0.717) is 22.8 Å². The molecule has 3 aromatic rings. The second kappa shape index (κ2) is 6.76. The minimum absolute atomic E-state index is 0.0159. The molecule has 1 N–H and O–H groups in total. The van der Waals surface area contributed by atoms with Crippen molar-refractivity contribution in [1.29, 1.82) is 0 Å². The van der Waals surface area contributed by atoms with Crippen LogP contribution in [-0.4, -0.2) is 32.6 Å². The summed E-state index contributed by atoms with van der Waals surface area (Å²) in [4.78, 5) is 12.1. The highest BCUT2D eigenvalue weighted by molar-refractivity contribution is 5.89. The molecule has 2 heterocycles. The minimum atomic E-state index is -0.431. The first-order valence-corrected chi connectivity index (χ1v) is 7.64. The molecule has 0 aliphatic carbocycles. The Morgan fingerprint density at radius 1 is 1.28 bits per heavy atom. The van der Waals surface area contributed by atoms with Crippen molar-refractivity contribution >= 4 is 11.7 Å². The minimum Gasteiger partial charge on any atom is -0.497 e. The summed E-state index contributed by atoms with van der Waals surface area (Å²) in [5.41, 5.74) is 1.61. The Hall–Kier alpha value is -3.16. The van der Waals surface area contributed by atoms with Gasteiger partial charge in [-0.3, -0.25) is 14.2 Å². The topological polar surface area (TPSA) is 74.0 Å². The Labute approximate surface area is 144 Å². The van der Waals surface area contributed by atoms with Crippen LogP contribution in [0.5, 0.6) is 5.75 Å². The smallest absolute Gasteiger partial charge is 0.247 e. The molecule has 0 aliphatic rings. The van der Waals surface area contributed by atoms with Gasteiger partial charge in [-0.2, -0.15) is 10.2 Å². The number of ether oxygens (including phenoxy) is 1. The lowest BCUT2D eigenvalue weighted by molar-refractivity contribution is -0.116. The van der Waals surface area contributed by atoms with Crippen molar-refractivity contribution in [3.8, 4) is 17.0 Å². The van der Waals surface area contributed by atoms with Gasteiger partial charge in [-0.1, -0.05) is 0 Å². The number of methoxy groups -OCH3 is 1. The normalized spacial score (nSPS) is 10.7. The van der Waals surface area contributed by atoms with Gasteiger partial charge in [-0.25, -0.2) is 4.39 Å². The number of hydrogen-bond donors (Lipinski definition) is 1. The summed E-state index contributed by atoms with van der Waals surface area (Å²) in [6.45, 7) is 1.86. The van der Waals surface area contributed by atoms with E-state index < -0.39 is 5.82 Å². The van der Waals surface area contributed by atoms with E-state index in [-0.39, 0.29) is 12.5 Å². The van der Waals surface area contributed by atoms with Crippen LogP contribution in [0.25, 0.3) is 11.3 Å². The van der Waals surface area contributed by atoms with Crippen LogP contribution >= 0.6 is 0 Å². The molecule has 0 fully saturated rings. The molecule has 0 bridgehead atoms. The summed E-state index contributed by atoms with van der Waals surface area (Å²) in [6.07, 6.45) is 1.63. The van der Waals surface area contributed by atoms with Gasteiger partial charge in [-0.05, 0) is 25.1 Å². The van der Waals surface area contributed by atoms with Crippen molar-refractivity contribution < 1.29 is 13.9 Å². The average molecular weight is 343 g/mol. The van der Waals surface area contributed by atoms with Gasteiger partial charge in [0.05, 0.1) is 18.5 Å². The Bertz CT molecular complexity index is 916. The first kappa shape index (κ1) is 16.7. The van der Waals surface area contributed by atoms with E-state index in [1.165, 1.54) is 17.9 Å². The average Bonchev–Trinajstić information content (AvgIpc) is 3.13. The molecular weight excluding hydrogens is 325 g/mol. The Balaban J connectivity index is 1.71. The fraction of sp³-hybridized carbons (Fsp3) is 0.235. The molecule has 8 heteroatoms. The first-order chi connectivity index (χ1) is 12.0. The molecule has 0 saturated carbocycles. The van der Waals surface area contributed by atoms with Crippen LogP contribution in [0, 0.1) is 12.7 Å². The van der Waals surface area contributed by atoms with Crippen LogP contribution in [0.15, 0.2) is 36.5 Å². The second-order valence-electron chi connectivity index (χ2n) is 5.59. The lowest BCUT2D eigenvalue weighted by atomic mass is 10.1. The van der Waals surface area contributed by atoms with Crippen molar-refractivity contribution in [2.24, 2.45) is 7.05 Å². The zero-order chi connectivity index (χ0) is 18.0. The third-order valence-electron chi connectivity index (χ3n) is 3.67. The van der Waals surface area contributed by atoms with E-state index in [2.05, 4.69) is 15.5 Å². The predicted molar refractivity (Wildman–Crippen MR) is 90.7 cm³/mol. The lowest BCUT2D eigenvalue weighted by Crippen LogP contribution is -2.20. The number of benzene rings is 1. The molecular formula is C17H18FN5O2. The van der Waals surface area contributed by atoms with Crippen LogP contribution in [0.3, 0.4) is 0 Å². The van der Waals surface area contributed by atoms with Gasteiger partial charge in [0.2, 0.25) is 5.91 Å². The molecule has 2 aromatic heterocycles. The Kier molecular flexibility index (Phi) is 4.51. The standard InChI is InChI=1S/C17H18FN5O2/c1-11-8-16(22(2)20-11)19-17(24)10-23-7-6-15(21-23)13-5-4-12(25-3)9-14(13)18/h4-9H,10H2,1-3H3,(H,19,24). The summed E-state index contributed by atoms with van der Waals surface area (Å²) in [5, 5.41) is 11.2. The van der Waals surface area contributed by atoms with Gasteiger partial charge in [0.25, 0.3) is 0 Å². The van der Waals surface area contributed by atoms with Gasteiger partial charge in [-0.15, -0.1) is 0 Å².